The summed E-state index contributed by atoms with van der Waals surface area (Å²) in [5.74, 6) is -0.985. The Labute approximate surface area is 280 Å². The summed E-state index contributed by atoms with van der Waals surface area (Å²) in [6.07, 6.45) is 19.6. The molecule has 0 radical (unpaired) electrons. The molecule has 0 aromatic carbocycles. The Kier molecular flexibility index (Phi) is 32.6. The molecule has 4 N–H and O–H groups in total. The summed E-state index contributed by atoms with van der Waals surface area (Å²) < 4.78 is 16.7. The van der Waals surface area contributed by atoms with Crippen LogP contribution >= 0.6 is 0 Å². The number of carbonyl (C=O) groups excluding carboxylic acids is 2. The first kappa shape index (κ1) is 43.8. The van der Waals surface area contributed by atoms with Crippen LogP contribution < -0.4 is 16.0 Å². The molecule has 0 aliphatic rings. The van der Waals surface area contributed by atoms with Crippen LogP contribution in [0.5, 0.6) is 0 Å². The van der Waals surface area contributed by atoms with E-state index in [0.29, 0.717) is 78.4 Å². The maximum absolute atomic E-state index is 12.0. The summed E-state index contributed by atoms with van der Waals surface area (Å²) in [7, 11) is 0. The number of hydrogen-bond acceptors (Lipinski definition) is 7. The van der Waals surface area contributed by atoms with Crippen LogP contribution in [-0.4, -0.2) is 82.2 Å². The van der Waals surface area contributed by atoms with Crippen LogP contribution in [0.2, 0.25) is 0 Å². The molecule has 0 fully saturated rings. The average molecular weight is 656 g/mol. The monoisotopic (exact) mass is 656 g/mol. The van der Waals surface area contributed by atoms with E-state index >= 15 is 0 Å². The second-order valence-electron chi connectivity index (χ2n) is 12.3. The number of aliphatic carboxylic acids is 1. The highest BCUT2D eigenvalue weighted by Gasteiger charge is 2.10. The lowest BCUT2D eigenvalue weighted by atomic mass is 10.0. The number of carboxylic acid groups (broad SMARTS) is 1. The number of ether oxygens (including phenoxy) is 3. The van der Waals surface area contributed by atoms with Gasteiger partial charge in [0.1, 0.15) is 0 Å². The minimum atomic E-state index is -0.775. The van der Waals surface area contributed by atoms with E-state index in [0.717, 1.165) is 50.8 Å². The Balaban J connectivity index is 3.32. The molecule has 0 bridgehead atoms. The Morgan fingerprint density at radius 2 is 1.02 bits per heavy atom. The van der Waals surface area contributed by atoms with Crippen LogP contribution in [0.1, 0.15) is 136 Å². The fraction of sp³-hybridized carbons (Fsp3) is 0.861. The van der Waals surface area contributed by atoms with Gasteiger partial charge >= 0.3 is 5.97 Å². The van der Waals surface area contributed by atoms with Crippen molar-refractivity contribution in [2.24, 2.45) is 5.92 Å². The third kappa shape index (κ3) is 33.2. The van der Waals surface area contributed by atoms with Crippen LogP contribution in [0.15, 0.2) is 12.3 Å². The topological polar surface area (TPSA) is 135 Å². The summed E-state index contributed by atoms with van der Waals surface area (Å²) in [4.78, 5) is 34.7. The Hall–Kier alpha value is -2.17. The van der Waals surface area contributed by atoms with Crippen molar-refractivity contribution in [1.29, 1.82) is 0 Å². The maximum Gasteiger partial charge on any atom is 0.306 e. The number of amides is 2. The lowest BCUT2D eigenvalue weighted by Gasteiger charge is -2.11. The van der Waals surface area contributed by atoms with E-state index in [1.165, 1.54) is 57.8 Å². The fourth-order valence-corrected chi connectivity index (χ4v) is 4.79. The lowest BCUT2D eigenvalue weighted by Crippen LogP contribution is -2.25. The molecule has 0 saturated carbocycles. The standard InChI is InChI=1S/C36H69N3O7/c1-4-5-6-7-8-9-10-11-12-13-14-20-34(40)39-25-18-27-45-29-31-46-30-28-44-26-17-24-37-33(3)21-22-35(41)38-23-16-15-19-32(2)36(42)43/h32,37H,3-31H2,1-2H3,(H,38,41)(H,39,40)(H,42,43)/t32-/m0/s1. The Morgan fingerprint density at radius 3 is 1.57 bits per heavy atom. The highest BCUT2D eigenvalue weighted by Crippen LogP contribution is 2.12. The minimum absolute atomic E-state index is 0.0170. The predicted octanol–water partition coefficient (Wildman–Crippen LogP) is 6.52. The Morgan fingerprint density at radius 1 is 0.565 bits per heavy atom. The smallest absolute Gasteiger partial charge is 0.306 e. The first-order valence-corrected chi connectivity index (χ1v) is 18.3. The van der Waals surface area contributed by atoms with Gasteiger partial charge in [0.25, 0.3) is 0 Å². The quantitative estimate of drug-likeness (QED) is 0.0560. The van der Waals surface area contributed by atoms with Gasteiger partial charge in [0, 0.05) is 51.4 Å². The zero-order valence-corrected chi connectivity index (χ0v) is 29.5. The number of unbranched alkanes of at least 4 members (excludes halogenated alkanes) is 11. The number of allylic oxidation sites excluding steroid dienone is 1. The molecule has 0 aromatic heterocycles. The van der Waals surface area contributed by atoms with Crippen molar-refractivity contribution in [2.75, 3.05) is 59.3 Å². The molecular weight excluding hydrogens is 586 g/mol. The fourth-order valence-electron chi connectivity index (χ4n) is 4.79. The molecule has 270 valence electrons. The predicted molar refractivity (Wildman–Crippen MR) is 186 cm³/mol. The van der Waals surface area contributed by atoms with Crippen molar-refractivity contribution in [3.05, 3.63) is 12.3 Å². The minimum Gasteiger partial charge on any atom is -0.481 e. The summed E-state index contributed by atoms with van der Waals surface area (Å²) in [6, 6.07) is 0. The maximum atomic E-state index is 12.0. The van der Waals surface area contributed by atoms with Gasteiger partial charge in [-0.25, -0.2) is 0 Å². The van der Waals surface area contributed by atoms with Crippen molar-refractivity contribution in [2.45, 2.75) is 136 Å². The van der Waals surface area contributed by atoms with E-state index in [-0.39, 0.29) is 17.7 Å². The van der Waals surface area contributed by atoms with E-state index in [2.05, 4.69) is 29.5 Å². The van der Waals surface area contributed by atoms with Gasteiger partial charge < -0.3 is 35.3 Å². The number of hydrogen-bond donors (Lipinski definition) is 4. The highest BCUT2D eigenvalue weighted by molar-refractivity contribution is 5.76. The van der Waals surface area contributed by atoms with Crippen molar-refractivity contribution in [3.8, 4) is 0 Å². The second-order valence-corrected chi connectivity index (χ2v) is 12.3. The average Bonchev–Trinajstić information content (AvgIpc) is 3.04. The Bertz CT molecular complexity index is 751. The van der Waals surface area contributed by atoms with Gasteiger partial charge in [-0.1, -0.05) is 91.1 Å². The molecular formula is C36H69N3O7. The van der Waals surface area contributed by atoms with Crippen molar-refractivity contribution in [3.63, 3.8) is 0 Å². The van der Waals surface area contributed by atoms with E-state index in [9.17, 15) is 14.4 Å². The van der Waals surface area contributed by atoms with Gasteiger partial charge in [-0.05, 0) is 38.5 Å². The van der Waals surface area contributed by atoms with Gasteiger partial charge in [-0.2, -0.15) is 0 Å². The van der Waals surface area contributed by atoms with E-state index in [1.807, 2.05) is 0 Å². The molecule has 1 atom stereocenters. The van der Waals surface area contributed by atoms with Crippen molar-refractivity contribution in [1.82, 2.24) is 16.0 Å². The largest absolute Gasteiger partial charge is 0.481 e. The normalized spacial score (nSPS) is 11.7. The van der Waals surface area contributed by atoms with Gasteiger partial charge in [0.2, 0.25) is 11.8 Å². The first-order valence-electron chi connectivity index (χ1n) is 18.3. The summed E-state index contributed by atoms with van der Waals surface area (Å²) in [6.45, 7) is 13.2. The van der Waals surface area contributed by atoms with Crippen LogP contribution in [0.4, 0.5) is 0 Å². The van der Waals surface area contributed by atoms with E-state index in [4.69, 9.17) is 19.3 Å². The van der Waals surface area contributed by atoms with Gasteiger partial charge in [0.15, 0.2) is 0 Å². The third-order valence-electron chi connectivity index (χ3n) is 7.84. The molecule has 0 heterocycles. The second kappa shape index (κ2) is 34.2. The molecule has 0 unspecified atom stereocenters. The zero-order chi connectivity index (χ0) is 33.9. The molecule has 10 nitrogen and oxygen atoms in total. The zero-order valence-electron chi connectivity index (χ0n) is 29.5. The number of nitrogens with one attached hydrogen (secondary N) is 3. The van der Waals surface area contributed by atoms with Gasteiger partial charge in [-0.15, -0.1) is 0 Å². The summed E-state index contributed by atoms with van der Waals surface area (Å²) in [5.41, 5.74) is 0.829. The van der Waals surface area contributed by atoms with Crippen LogP contribution in [-0.2, 0) is 28.6 Å². The molecule has 0 aliphatic carbocycles. The molecule has 46 heavy (non-hydrogen) atoms. The summed E-state index contributed by atoms with van der Waals surface area (Å²) >= 11 is 0. The van der Waals surface area contributed by atoms with Crippen molar-refractivity contribution < 1.29 is 33.7 Å². The van der Waals surface area contributed by atoms with Crippen LogP contribution in [0, 0.1) is 5.92 Å². The highest BCUT2D eigenvalue weighted by atomic mass is 16.5. The lowest BCUT2D eigenvalue weighted by molar-refractivity contribution is -0.141. The third-order valence-corrected chi connectivity index (χ3v) is 7.84. The number of rotatable bonds is 36. The molecule has 0 rings (SSSR count). The van der Waals surface area contributed by atoms with Gasteiger partial charge in [-0.3, -0.25) is 14.4 Å². The van der Waals surface area contributed by atoms with Crippen LogP contribution in [0.25, 0.3) is 0 Å². The SMILES string of the molecule is C=C(CCC(=O)NCCCC[C@H](C)C(=O)O)NCCCOCCOCCOCCCNC(=O)CCCCCCCCCCCCC. The number of carbonyl (C=O) groups is 3. The molecule has 0 aliphatic heterocycles. The molecule has 2 amide bonds. The van der Waals surface area contributed by atoms with Crippen molar-refractivity contribution >= 4 is 17.8 Å². The van der Waals surface area contributed by atoms with E-state index in [1.54, 1.807) is 6.92 Å². The molecule has 0 spiro atoms. The summed E-state index contributed by atoms with van der Waals surface area (Å²) in [5, 5.41) is 18.0. The molecule has 10 heteroatoms. The number of carboxylic acids is 1. The van der Waals surface area contributed by atoms with Gasteiger partial charge in [0.05, 0.1) is 32.3 Å². The molecule has 0 aromatic rings. The van der Waals surface area contributed by atoms with Crippen LogP contribution in [0.3, 0.4) is 0 Å². The van der Waals surface area contributed by atoms with E-state index < -0.39 is 5.97 Å². The first-order chi connectivity index (χ1) is 22.4. The molecule has 0 saturated heterocycles.